The molecule has 1 fully saturated rings. The van der Waals surface area contributed by atoms with Crippen LogP contribution in [-0.2, 0) is 4.79 Å². The van der Waals surface area contributed by atoms with Gasteiger partial charge in [0, 0.05) is 37.4 Å². The third-order valence-corrected chi connectivity index (χ3v) is 5.64. The van der Waals surface area contributed by atoms with E-state index < -0.39 is 0 Å². The van der Waals surface area contributed by atoms with Gasteiger partial charge in [0.1, 0.15) is 11.5 Å². The average molecular weight is 398 g/mol. The van der Waals surface area contributed by atoms with E-state index in [9.17, 15) is 4.79 Å². The molecule has 2 atom stereocenters. The first-order valence-corrected chi connectivity index (χ1v) is 10.1. The van der Waals surface area contributed by atoms with E-state index in [-0.39, 0.29) is 18.0 Å². The molecule has 1 N–H and O–H groups in total. The zero-order valence-electron chi connectivity index (χ0n) is 17.7. The average Bonchev–Trinajstić information content (AvgIpc) is 2.78. The number of benzene rings is 2. The summed E-state index contributed by atoms with van der Waals surface area (Å²) in [6.45, 7) is 7.46. The summed E-state index contributed by atoms with van der Waals surface area (Å²) in [5.74, 6) is 1.70. The van der Waals surface area contributed by atoms with Gasteiger partial charge >= 0.3 is 0 Å². The van der Waals surface area contributed by atoms with E-state index in [2.05, 4.69) is 27.2 Å². The summed E-state index contributed by atoms with van der Waals surface area (Å²) in [4.78, 5) is 17.4. The Hall–Kier alpha value is -2.73. The van der Waals surface area contributed by atoms with Crippen molar-refractivity contribution in [2.24, 2.45) is 0 Å². The normalized spacial score (nSPS) is 16.8. The summed E-state index contributed by atoms with van der Waals surface area (Å²) in [7, 11) is 3.33. The van der Waals surface area contributed by atoms with Crippen molar-refractivity contribution in [2.45, 2.75) is 25.9 Å². The molecule has 0 radical (unpaired) electrons. The molecule has 1 heterocycles. The van der Waals surface area contributed by atoms with Gasteiger partial charge in [0.25, 0.3) is 0 Å². The predicted molar refractivity (Wildman–Crippen MR) is 116 cm³/mol. The molecule has 1 saturated heterocycles. The molecule has 0 saturated carbocycles. The maximum absolute atomic E-state index is 12.8. The molecule has 0 spiro atoms. The topological polar surface area (TPSA) is 54.0 Å². The third kappa shape index (κ3) is 5.01. The minimum Gasteiger partial charge on any atom is -0.497 e. The predicted octanol–water partition coefficient (Wildman–Crippen LogP) is 3.09. The van der Waals surface area contributed by atoms with Crippen molar-refractivity contribution >= 4 is 11.6 Å². The molecule has 6 nitrogen and oxygen atoms in total. The van der Waals surface area contributed by atoms with Crippen LogP contribution in [0.15, 0.2) is 48.5 Å². The second kappa shape index (κ2) is 9.65. The molecule has 2 aromatic rings. The lowest BCUT2D eigenvalue weighted by Crippen LogP contribution is -2.54. The maximum Gasteiger partial charge on any atom is 0.237 e. The molecule has 0 aliphatic carbocycles. The van der Waals surface area contributed by atoms with E-state index in [4.69, 9.17) is 9.47 Å². The fraction of sp³-hybridized carbons (Fsp3) is 0.435. The molecule has 1 aliphatic heterocycles. The number of amides is 1. The number of ether oxygens (including phenoxy) is 2. The van der Waals surface area contributed by atoms with E-state index in [1.165, 1.54) is 5.69 Å². The number of carbonyl (C=O) groups is 1. The standard InChI is InChI=1S/C23H31N3O3/c1-17(21-7-5-6-8-22(21)29-4)24-23(27)18(2)25-13-15-26(16-14-25)19-9-11-20(28-3)12-10-19/h5-12,17-18H,13-16H2,1-4H3,(H,24,27). The van der Waals surface area contributed by atoms with Crippen molar-refractivity contribution in [1.82, 2.24) is 10.2 Å². The molecule has 0 aromatic heterocycles. The number of rotatable bonds is 7. The van der Waals surface area contributed by atoms with Gasteiger partial charge in [-0.25, -0.2) is 0 Å². The minimum absolute atomic E-state index is 0.0429. The Morgan fingerprint density at radius 1 is 0.931 bits per heavy atom. The van der Waals surface area contributed by atoms with Gasteiger partial charge in [-0.3, -0.25) is 9.69 Å². The number of nitrogens with zero attached hydrogens (tertiary/aromatic N) is 2. The number of hydrogen-bond acceptors (Lipinski definition) is 5. The lowest BCUT2D eigenvalue weighted by molar-refractivity contribution is -0.126. The lowest BCUT2D eigenvalue weighted by atomic mass is 10.1. The van der Waals surface area contributed by atoms with Crippen LogP contribution in [0.3, 0.4) is 0 Å². The highest BCUT2D eigenvalue weighted by atomic mass is 16.5. The van der Waals surface area contributed by atoms with E-state index in [0.717, 1.165) is 43.2 Å². The number of anilines is 1. The molecule has 156 valence electrons. The number of nitrogens with one attached hydrogen (secondary N) is 1. The van der Waals surface area contributed by atoms with Crippen molar-refractivity contribution < 1.29 is 14.3 Å². The molecule has 1 aliphatic rings. The molecular weight excluding hydrogens is 366 g/mol. The lowest BCUT2D eigenvalue weighted by Gasteiger charge is -2.38. The fourth-order valence-corrected chi connectivity index (χ4v) is 3.76. The van der Waals surface area contributed by atoms with Crippen LogP contribution >= 0.6 is 0 Å². The molecule has 0 bridgehead atoms. The molecule has 6 heteroatoms. The van der Waals surface area contributed by atoms with Gasteiger partial charge in [-0.05, 0) is 44.2 Å². The first-order chi connectivity index (χ1) is 14.0. The first-order valence-electron chi connectivity index (χ1n) is 10.1. The number of para-hydroxylation sites is 1. The summed E-state index contributed by atoms with van der Waals surface area (Å²) in [6.07, 6.45) is 0. The van der Waals surface area contributed by atoms with E-state index >= 15 is 0 Å². The van der Waals surface area contributed by atoms with Crippen molar-refractivity contribution in [3.8, 4) is 11.5 Å². The van der Waals surface area contributed by atoms with Gasteiger partial charge in [0.05, 0.1) is 26.3 Å². The Kier molecular flexibility index (Phi) is 6.99. The summed E-state index contributed by atoms with van der Waals surface area (Å²) in [5.41, 5.74) is 2.17. The SMILES string of the molecule is COc1ccc(N2CCN(C(C)C(=O)NC(C)c3ccccc3OC)CC2)cc1. The summed E-state index contributed by atoms with van der Waals surface area (Å²) >= 11 is 0. The van der Waals surface area contributed by atoms with Crippen LogP contribution in [0.5, 0.6) is 11.5 Å². The van der Waals surface area contributed by atoms with Crippen LogP contribution in [0.2, 0.25) is 0 Å². The van der Waals surface area contributed by atoms with Gasteiger partial charge in [0.2, 0.25) is 5.91 Å². The van der Waals surface area contributed by atoms with Gasteiger partial charge < -0.3 is 19.7 Å². The van der Waals surface area contributed by atoms with Crippen molar-refractivity contribution in [3.63, 3.8) is 0 Å². The Morgan fingerprint density at radius 2 is 1.59 bits per heavy atom. The van der Waals surface area contributed by atoms with Gasteiger partial charge in [-0.15, -0.1) is 0 Å². The second-order valence-corrected chi connectivity index (χ2v) is 7.37. The number of hydrogen-bond donors (Lipinski definition) is 1. The largest absolute Gasteiger partial charge is 0.497 e. The van der Waals surface area contributed by atoms with Crippen LogP contribution in [0.25, 0.3) is 0 Å². The number of carbonyl (C=O) groups excluding carboxylic acids is 1. The van der Waals surface area contributed by atoms with Crippen LogP contribution in [-0.4, -0.2) is 57.2 Å². The highest BCUT2D eigenvalue weighted by Crippen LogP contribution is 2.25. The zero-order chi connectivity index (χ0) is 20.8. The Balaban J connectivity index is 1.54. The summed E-state index contributed by atoms with van der Waals surface area (Å²) in [6, 6.07) is 15.6. The Bertz CT molecular complexity index is 801. The first kappa shape index (κ1) is 21.0. The number of piperazine rings is 1. The maximum atomic E-state index is 12.8. The molecule has 29 heavy (non-hydrogen) atoms. The molecule has 2 aromatic carbocycles. The van der Waals surface area contributed by atoms with Crippen molar-refractivity contribution in [2.75, 3.05) is 45.3 Å². The van der Waals surface area contributed by atoms with E-state index in [1.54, 1.807) is 14.2 Å². The zero-order valence-corrected chi connectivity index (χ0v) is 17.7. The van der Waals surface area contributed by atoms with Crippen LogP contribution in [0, 0.1) is 0 Å². The van der Waals surface area contributed by atoms with Crippen LogP contribution in [0.1, 0.15) is 25.5 Å². The fourth-order valence-electron chi connectivity index (χ4n) is 3.76. The summed E-state index contributed by atoms with van der Waals surface area (Å²) < 4.78 is 10.6. The van der Waals surface area contributed by atoms with Gasteiger partial charge in [-0.1, -0.05) is 18.2 Å². The molecule has 1 amide bonds. The molecule has 3 rings (SSSR count). The molecular formula is C23H31N3O3. The molecule has 2 unspecified atom stereocenters. The van der Waals surface area contributed by atoms with Gasteiger partial charge in [-0.2, -0.15) is 0 Å². The van der Waals surface area contributed by atoms with Crippen LogP contribution in [0.4, 0.5) is 5.69 Å². The monoisotopic (exact) mass is 397 g/mol. The van der Waals surface area contributed by atoms with E-state index in [1.807, 2.05) is 50.2 Å². The van der Waals surface area contributed by atoms with Gasteiger partial charge in [0.15, 0.2) is 0 Å². The highest BCUT2D eigenvalue weighted by molar-refractivity contribution is 5.81. The minimum atomic E-state index is -0.176. The second-order valence-electron chi connectivity index (χ2n) is 7.37. The third-order valence-electron chi connectivity index (χ3n) is 5.64. The Morgan fingerprint density at radius 3 is 2.21 bits per heavy atom. The number of methoxy groups -OCH3 is 2. The Labute approximate surface area is 173 Å². The van der Waals surface area contributed by atoms with E-state index in [0.29, 0.717) is 0 Å². The smallest absolute Gasteiger partial charge is 0.237 e. The van der Waals surface area contributed by atoms with Crippen LogP contribution < -0.4 is 19.7 Å². The van der Waals surface area contributed by atoms with Crippen molar-refractivity contribution in [3.05, 3.63) is 54.1 Å². The quantitative estimate of drug-likeness (QED) is 0.778. The summed E-state index contributed by atoms with van der Waals surface area (Å²) in [5, 5.41) is 3.14. The highest BCUT2D eigenvalue weighted by Gasteiger charge is 2.27. The van der Waals surface area contributed by atoms with Crippen molar-refractivity contribution in [1.29, 1.82) is 0 Å².